The molecule has 1 fully saturated rings. The van der Waals surface area contributed by atoms with Crippen LogP contribution in [-0.4, -0.2) is 41.9 Å². The Balaban J connectivity index is 1.37. The lowest BCUT2D eigenvalue weighted by atomic mass is 9.81. The second-order valence-electron chi connectivity index (χ2n) is 10.1. The van der Waals surface area contributed by atoms with Gasteiger partial charge in [-0.15, -0.1) is 0 Å². The summed E-state index contributed by atoms with van der Waals surface area (Å²) in [6.07, 6.45) is 3.56. The summed E-state index contributed by atoms with van der Waals surface area (Å²) >= 11 is 0. The molecular formula is C32H33NO4. The van der Waals surface area contributed by atoms with Gasteiger partial charge < -0.3 is 14.4 Å². The molecule has 0 atom stereocenters. The van der Waals surface area contributed by atoms with Gasteiger partial charge in [0.15, 0.2) is 5.78 Å². The zero-order valence-corrected chi connectivity index (χ0v) is 21.8. The van der Waals surface area contributed by atoms with Gasteiger partial charge in [0.25, 0.3) is 5.91 Å². The molecule has 3 aromatic rings. The Labute approximate surface area is 218 Å². The topological polar surface area (TPSA) is 55.8 Å². The Hall–Kier alpha value is -3.86. The Morgan fingerprint density at radius 2 is 1.73 bits per heavy atom. The largest absolute Gasteiger partial charge is 0.494 e. The maximum absolute atomic E-state index is 13.8. The average Bonchev–Trinajstić information content (AvgIpc) is 2.90. The number of hydrogen-bond acceptors (Lipinski definition) is 4. The standard InChI is InChI=1S/C32H33NO4/c1-4-36-26-12-10-24(11-13-26)20-27(25-8-6-5-7-9-25)31(35)33-16-14-32(15-17-33)21-29(34)28-19-22(2)18-23(3)30(28)37-32/h5-13,18-20H,4,14-17,21H2,1-3H3/b27-20+. The third kappa shape index (κ3) is 5.17. The molecule has 5 nitrogen and oxygen atoms in total. The van der Waals surface area contributed by atoms with Crippen LogP contribution in [-0.2, 0) is 4.79 Å². The van der Waals surface area contributed by atoms with Crippen LogP contribution in [0.4, 0.5) is 0 Å². The summed E-state index contributed by atoms with van der Waals surface area (Å²) in [6.45, 7) is 7.64. The molecule has 5 heteroatoms. The number of ketones is 1. The third-order valence-corrected chi connectivity index (χ3v) is 7.30. The molecule has 0 N–H and O–H groups in total. The van der Waals surface area contributed by atoms with Gasteiger partial charge in [-0.3, -0.25) is 9.59 Å². The number of Topliss-reactive ketones (excluding diaryl/α,β-unsaturated/α-hetero) is 1. The molecule has 1 amide bonds. The number of benzene rings is 3. The Morgan fingerprint density at radius 1 is 1.03 bits per heavy atom. The molecule has 0 bridgehead atoms. The van der Waals surface area contributed by atoms with E-state index in [1.807, 2.05) is 92.4 Å². The van der Waals surface area contributed by atoms with E-state index in [9.17, 15) is 9.59 Å². The first-order chi connectivity index (χ1) is 17.9. The van der Waals surface area contributed by atoms with Crippen LogP contribution < -0.4 is 9.47 Å². The van der Waals surface area contributed by atoms with Crippen LogP contribution in [0.2, 0.25) is 0 Å². The summed E-state index contributed by atoms with van der Waals surface area (Å²) in [5, 5.41) is 0. The SMILES string of the molecule is CCOc1ccc(/C=C(/C(=O)N2CCC3(CC2)CC(=O)c2cc(C)cc(C)c2O3)c2ccccc2)cc1. The summed E-state index contributed by atoms with van der Waals surface area (Å²) in [5.41, 5.74) is 4.66. The van der Waals surface area contributed by atoms with Crippen molar-refractivity contribution in [3.05, 3.63) is 94.5 Å². The number of aryl methyl sites for hydroxylation is 2. The van der Waals surface area contributed by atoms with Gasteiger partial charge in [-0.1, -0.05) is 48.5 Å². The molecule has 1 spiro atoms. The van der Waals surface area contributed by atoms with Crippen molar-refractivity contribution in [3.63, 3.8) is 0 Å². The number of piperidine rings is 1. The lowest BCUT2D eigenvalue weighted by Crippen LogP contribution is -2.52. The molecule has 0 aromatic heterocycles. The number of amides is 1. The quantitative estimate of drug-likeness (QED) is 0.309. The maximum Gasteiger partial charge on any atom is 0.254 e. The van der Waals surface area contributed by atoms with E-state index in [0.717, 1.165) is 28.0 Å². The van der Waals surface area contributed by atoms with Crippen molar-refractivity contribution >= 4 is 23.3 Å². The molecule has 0 radical (unpaired) electrons. The summed E-state index contributed by atoms with van der Waals surface area (Å²) in [4.78, 5) is 28.8. The predicted octanol–water partition coefficient (Wildman–Crippen LogP) is 6.27. The van der Waals surface area contributed by atoms with Gasteiger partial charge in [0.2, 0.25) is 0 Å². The zero-order valence-electron chi connectivity index (χ0n) is 21.8. The van der Waals surface area contributed by atoms with E-state index in [2.05, 4.69) is 6.07 Å². The fraction of sp³-hybridized carbons (Fsp3) is 0.312. The van der Waals surface area contributed by atoms with Crippen molar-refractivity contribution in [2.75, 3.05) is 19.7 Å². The van der Waals surface area contributed by atoms with Crippen LogP contribution in [0.1, 0.15) is 58.8 Å². The molecule has 190 valence electrons. The normalized spacial score (nSPS) is 16.8. The molecule has 0 aliphatic carbocycles. The highest BCUT2D eigenvalue weighted by molar-refractivity contribution is 6.24. The molecule has 0 saturated carbocycles. The van der Waals surface area contributed by atoms with Crippen LogP contribution in [0.3, 0.4) is 0 Å². The highest BCUT2D eigenvalue weighted by atomic mass is 16.5. The van der Waals surface area contributed by atoms with Crippen LogP contribution in [0.5, 0.6) is 11.5 Å². The highest BCUT2D eigenvalue weighted by Gasteiger charge is 2.44. The van der Waals surface area contributed by atoms with Gasteiger partial charge in [-0.2, -0.15) is 0 Å². The van der Waals surface area contributed by atoms with E-state index in [4.69, 9.17) is 9.47 Å². The molecule has 1 saturated heterocycles. The molecule has 5 rings (SSSR count). The number of likely N-dealkylation sites (tertiary alicyclic amines) is 1. The second kappa shape index (κ2) is 10.3. The predicted molar refractivity (Wildman–Crippen MR) is 146 cm³/mol. The van der Waals surface area contributed by atoms with Gasteiger partial charge in [-0.25, -0.2) is 0 Å². The van der Waals surface area contributed by atoms with Gasteiger partial charge in [0.05, 0.1) is 18.6 Å². The lowest BCUT2D eigenvalue weighted by Gasteiger charge is -2.44. The van der Waals surface area contributed by atoms with Crippen LogP contribution in [0, 0.1) is 13.8 Å². The number of fused-ring (bicyclic) bond motifs is 1. The van der Waals surface area contributed by atoms with Crippen molar-refractivity contribution in [1.82, 2.24) is 4.90 Å². The minimum absolute atomic E-state index is 0.00993. The van der Waals surface area contributed by atoms with Crippen molar-refractivity contribution in [1.29, 1.82) is 0 Å². The van der Waals surface area contributed by atoms with E-state index >= 15 is 0 Å². The van der Waals surface area contributed by atoms with Crippen molar-refractivity contribution in [2.24, 2.45) is 0 Å². The van der Waals surface area contributed by atoms with Gasteiger partial charge >= 0.3 is 0 Å². The fourth-order valence-corrected chi connectivity index (χ4v) is 5.38. The third-order valence-electron chi connectivity index (χ3n) is 7.30. The first-order valence-electron chi connectivity index (χ1n) is 13.0. The van der Waals surface area contributed by atoms with E-state index in [-0.39, 0.29) is 11.7 Å². The number of nitrogens with zero attached hydrogens (tertiary/aromatic N) is 1. The summed E-state index contributed by atoms with van der Waals surface area (Å²) in [6, 6.07) is 21.5. The van der Waals surface area contributed by atoms with E-state index in [1.54, 1.807) is 0 Å². The molecule has 3 aromatic carbocycles. The molecule has 2 heterocycles. The first kappa shape index (κ1) is 24.8. The minimum atomic E-state index is -0.549. The van der Waals surface area contributed by atoms with Crippen LogP contribution in [0.25, 0.3) is 11.6 Å². The van der Waals surface area contributed by atoms with Crippen molar-refractivity contribution in [2.45, 2.75) is 45.6 Å². The van der Waals surface area contributed by atoms with Gasteiger partial charge in [-0.05, 0) is 67.3 Å². The van der Waals surface area contributed by atoms with E-state index in [0.29, 0.717) is 55.8 Å². The van der Waals surface area contributed by atoms with Gasteiger partial charge in [0.1, 0.15) is 17.1 Å². The number of carbonyl (C=O) groups excluding carboxylic acids is 2. The highest BCUT2D eigenvalue weighted by Crippen LogP contribution is 2.42. The Morgan fingerprint density at radius 3 is 2.41 bits per heavy atom. The number of hydrogen-bond donors (Lipinski definition) is 0. The van der Waals surface area contributed by atoms with Crippen LogP contribution in [0.15, 0.2) is 66.7 Å². The fourth-order valence-electron chi connectivity index (χ4n) is 5.38. The molecule has 0 unspecified atom stereocenters. The number of rotatable bonds is 5. The smallest absolute Gasteiger partial charge is 0.254 e. The average molecular weight is 496 g/mol. The summed E-state index contributed by atoms with van der Waals surface area (Å²) in [7, 11) is 0. The molecular weight excluding hydrogens is 462 g/mol. The molecule has 2 aliphatic heterocycles. The minimum Gasteiger partial charge on any atom is -0.494 e. The van der Waals surface area contributed by atoms with E-state index < -0.39 is 5.60 Å². The Kier molecular flexibility index (Phi) is 6.88. The summed E-state index contributed by atoms with van der Waals surface area (Å²) in [5.74, 6) is 1.64. The van der Waals surface area contributed by atoms with Crippen molar-refractivity contribution < 1.29 is 19.1 Å². The molecule has 37 heavy (non-hydrogen) atoms. The maximum atomic E-state index is 13.8. The van der Waals surface area contributed by atoms with Crippen molar-refractivity contribution in [3.8, 4) is 11.5 Å². The zero-order chi connectivity index (χ0) is 26.0. The van der Waals surface area contributed by atoms with Gasteiger partial charge in [0, 0.05) is 31.5 Å². The monoisotopic (exact) mass is 495 g/mol. The Bertz CT molecular complexity index is 1330. The first-order valence-corrected chi connectivity index (χ1v) is 13.0. The molecule has 2 aliphatic rings. The van der Waals surface area contributed by atoms with E-state index in [1.165, 1.54) is 0 Å². The lowest BCUT2D eigenvalue weighted by molar-refractivity contribution is -0.128. The number of carbonyl (C=O) groups is 2. The second-order valence-corrected chi connectivity index (χ2v) is 10.1. The van der Waals surface area contributed by atoms with Crippen LogP contribution >= 0.6 is 0 Å². The summed E-state index contributed by atoms with van der Waals surface area (Å²) < 4.78 is 12.1. The number of ether oxygens (including phenoxy) is 2.